The second-order valence-electron chi connectivity index (χ2n) is 10.2. The van der Waals surface area contributed by atoms with Crippen LogP contribution < -0.4 is 10.6 Å². The highest BCUT2D eigenvalue weighted by atomic mass is 15.1. The fourth-order valence-electron chi connectivity index (χ4n) is 4.46. The molecule has 208 valence electrons. The SMILES string of the molecule is C=CN(Cc1cncc(C(=C)c2ccc(C)cc2)c1)/C(=C\C=C(/C)NC(=C)C(C)NC)c1cnc2ccccc2c1. The Morgan fingerprint density at radius 1 is 0.951 bits per heavy atom. The van der Waals surface area contributed by atoms with Gasteiger partial charge in [0.2, 0.25) is 0 Å². The summed E-state index contributed by atoms with van der Waals surface area (Å²) in [5, 5.41) is 7.68. The van der Waals surface area contributed by atoms with E-state index in [1.807, 2.05) is 57.0 Å². The second-order valence-corrected chi connectivity index (χ2v) is 10.2. The van der Waals surface area contributed by atoms with E-state index in [0.29, 0.717) is 6.54 Å². The average Bonchev–Trinajstić information content (AvgIpc) is 3.00. The molecule has 0 amide bonds. The van der Waals surface area contributed by atoms with Gasteiger partial charge in [-0.05, 0) is 81.1 Å². The monoisotopic (exact) mass is 541 g/mol. The number of rotatable bonds is 12. The fraction of sp³-hybridized carbons (Fsp3) is 0.167. The molecule has 0 saturated carbocycles. The van der Waals surface area contributed by atoms with Crippen molar-refractivity contribution in [3.05, 3.63) is 157 Å². The Morgan fingerprint density at radius 2 is 1.71 bits per heavy atom. The number of benzene rings is 2. The van der Waals surface area contributed by atoms with Crippen LogP contribution in [0.15, 0.2) is 129 Å². The van der Waals surface area contributed by atoms with Crippen molar-refractivity contribution in [1.29, 1.82) is 0 Å². The number of allylic oxidation sites excluding steroid dienone is 3. The predicted molar refractivity (Wildman–Crippen MR) is 174 cm³/mol. The maximum Gasteiger partial charge on any atom is 0.0702 e. The summed E-state index contributed by atoms with van der Waals surface area (Å²) in [5.41, 5.74) is 10.1. The predicted octanol–water partition coefficient (Wildman–Crippen LogP) is 7.60. The van der Waals surface area contributed by atoms with Crippen LogP contribution in [0.3, 0.4) is 0 Å². The lowest BCUT2D eigenvalue weighted by Gasteiger charge is -2.24. The van der Waals surface area contributed by atoms with E-state index < -0.39 is 0 Å². The third-order valence-electron chi connectivity index (χ3n) is 7.12. The maximum absolute atomic E-state index is 4.73. The van der Waals surface area contributed by atoms with Crippen molar-refractivity contribution >= 4 is 22.2 Å². The highest BCUT2D eigenvalue weighted by Crippen LogP contribution is 2.27. The molecule has 0 radical (unpaired) electrons. The van der Waals surface area contributed by atoms with E-state index in [4.69, 9.17) is 4.98 Å². The first kappa shape index (κ1) is 29.2. The highest BCUT2D eigenvalue weighted by Gasteiger charge is 2.13. The van der Waals surface area contributed by atoms with E-state index >= 15 is 0 Å². The van der Waals surface area contributed by atoms with Crippen LogP contribution in [-0.2, 0) is 6.54 Å². The molecule has 0 aliphatic carbocycles. The Hall–Kier alpha value is -4.74. The van der Waals surface area contributed by atoms with Crippen molar-refractivity contribution < 1.29 is 0 Å². The van der Waals surface area contributed by atoms with Gasteiger partial charge in [0.05, 0.1) is 5.52 Å². The van der Waals surface area contributed by atoms with Crippen molar-refractivity contribution in [3.8, 4) is 0 Å². The van der Waals surface area contributed by atoms with Crippen LogP contribution >= 0.6 is 0 Å². The molecule has 0 aliphatic heterocycles. The number of fused-ring (bicyclic) bond motifs is 1. The summed E-state index contributed by atoms with van der Waals surface area (Å²) in [7, 11) is 1.92. The second kappa shape index (κ2) is 13.6. The van der Waals surface area contributed by atoms with E-state index in [-0.39, 0.29) is 6.04 Å². The van der Waals surface area contributed by atoms with Crippen LogP contribution in [0.25, 0.3) is 22.2 Å². The van der Waals surface area contributed by atoms with Gasteiger partial charge in [0.15, 0.2) is 0 Å². The number of nitrogens with one attached hydrogen (secondary N) is 2. The van der Waals surface area contributed by atoms with E-state index in [2.05, 4.69) is 109 Å². The van der Waals surface area contributed by atoms with E-state index in [1.165, 1.54) is 5.56 Å². The molecule has 1 unspecified atom stereocenters. The first-order valence-corrected chi connectivity index (χ1v) is 13.7. The Morgan fingerprint density at radius 3 is 2.44 bits per heavy atom. The molecule has 5 nitrogen and oxygen atoms in total. The third kappa shape index (κ3) is 7.47. The van der Waals surface area contributed by atoms with Gasteiger partial charge in [0.25, 0.3) is 0 Å². The molecule has 41 heavy (non-hydrogen) atoms. The lowest BCUT2D eigenvalue weighted by atomic mass is 9.99. The fourth-order valence-corrected chi connectivity index (χ4v) is 4.46. The standard InChI is InChI=1S/C36H39N5/c1-8-41(24-30-19-33(22-38-21-30)27(4)31-16-13-25(2)14-17-31)36(18-15-26(3)40-29(6)28(5)37-7)34-20-32-11-9-10-12-35(32)39-23-34/h8-23,28,37,40H,1,4,6,24H2,2-3,5,7H3/b26-15+,36-18-. The van der Waals surface area contributed by atoms with Crippen LogP contribution in [-0.4, -0.2) is 28.0 Å². The van der Waals surface area contributed by atoms with Gasteiger partial charge < -0.3 is 15.5 Å². The third-order valence-corrected chi connectivity index (χ3v) is 7.12. The maximum atomic E-state index is 4.73. The number of pyridine rings is 2. The first-order valence-electron chi connectivity index (χ1n) is 13.7. The smallest absolute Gasteiger partial charge is 0.0702 e. The van der Waals surface area contributed by atoms with Crippen molar-refractivity contribution in [2.45, 2.75) is 33.4 Å². The van der Waals surface area contributed by atoms with E-state index in [0.717, 1.165) is 55.8 Å². The number of aryl methyl sites for hydroxylation is 1. The Kier molecular flexibility index (Phi) is 9.67. The molecule has 1 atom stereocenters. The van der Waals surface area contributed by atoms with Crippen molar-refractivity contribution in [2.75, 3.05) is 7.05 Å². The summed E-state index contributed by atoms with van der Waals surface area (Å²) in [6.07, 6.45) is 11.7. The quantitative estimate of drug-likeness (QED) is 0.181. The Labute approximate surface area is 244 Å². The molecular weight excluding hydrogens is 502 g/mol. The summed E-state index contributed by atoms with van der Waals surface area (Å²) in [5.74, 6) is 0. The van der Waals surface area contributed by atoms with Gasteiger partial charge in [-0.25, -0.2) is 0 Å². The molecule has 0 aliphatic rings. The average molecular weight is 542 g/mol. The zero-order valence-electron chi connectivity index (χ0n) is 24.5. The molecule has 0 fully saturated rings. The van der Waals surface area contributed by atoms with Crippen molar-refractivity contribution in [3.63, 3.8) is 0 Å². The molecule has 4 aromatic rings. The van der Waals surface area contributed by atoms with Crippen molar-refractivity contribution in [2.24, 2.45) is 0 Å². The summed E-state index contributed by atoms with van der Waals surface area (Å²) < 4.78 is 0. The molecule has 2 N–H and O–H groups in total. The van der Waals surface area contributed by atoms with Crippen LogP contribution in [0.2, 0.25) is 0 Å². The molecule has 0 saturated heterocycles. The molecule has 2 aromatic heterocycles. The van der Waals surface area contributed by atoms with Crippen LogP contribution in [0.5, 0.6) is 0 Å². The zero-order valence-corrected chi connectivity index (χ0v) is 24.5. The first-order chi connectivity index (χ1) is 19.8. The number of hydrogen-bond acceptors (Lipinski definition) is 5. The van der Waals surface area contributed by atoms with Gasteiger partial charge in [-0.1, -0.05) is 67.8 Å². The summed E-state index contributed by atoms with van der Waals surface area (Å²) in [6, 6.07) is 21.0. The molecule has 2 heterocycles. The van der Waals surface area contributed by atoms with Gasteiger partial charge in [-0.15, -0.1) is 0 Å². The Bertz CT molecular complexity index is 1610. The lowest BCUT2D eigenvalue weighted by Crippen LogP contribution is -2.30. The van der Waals surface area contributed by atoms with Gasteiger partial charge in [-0.3, -0.25) is 9.97 Å². The summed E-state index contributed by atoms with van der Waals surface area (Å²) in [4.78, 5) is 11.4. The highest BCUT2D eigenvalue weighted by molar-refractivity contribution is 5.82. The minimum atomic E-state index is 0.144. The van der Waals surface area contributed by atoms with Gasteiger partial charge in [0.1, 0.15) is 0 Å². The van der Waals surface area contributed by atoms with Crippen LogP contribution in [0.4, 0.5) is 0 Å². The number of nitrogens with zero attached hydrogens (tertiary/aromatic N) is 3. The Balaban J connectivity index is 1.68. The van der Waals surface area contributed by atoms with Gasteiger partial charge >= 0.3 is 0 Å². The molecule has 5 heteroatoms. The number of hydrogen-bond donors (Lipinski definition) is 2. The van der Waals surface area contributed by atoms with Crippen LogP contribution in [0, 0.1) is 6.92 Å². The minimum absolute atomic E-state index is 0.144. The zero-order chi connectivity index (χ0) is 29.4. The molecular formula is C36H39N5. The number of likely N-dealkylation sites (N-methyl/N-ethyl adjacent to an activating group) is 1. The van der Waals surface area contributed by atoms with E-state index in [1.54, 1.807) is 0 Å². The summed E-state index contributed by atoms with van der Waals surface area (Å²) >= 11 is 0. The normalized spacial score (nSPS) is 12.6. The van der Waals surface area contributed by atoms with Gasteiger partial charge in [0, 0.05) is 64.8 Å². The van der Waals surface area contributed by atoms with Crippen molar-refractivity contribution in [1.82, 2.24) is 25.5 Å². The number of aromatic nitrogens is 2. The van der Waals surface area contributed by atoms with Crippen LogP contribution in [0.1, 0.15) is 41.7 Å². The molecule has 4 rings (SSSR count). The lowest BCUT2D eigenvalue weighted by molar-refractivity contribution is 0.526. The largest absolute Gasteiger partial charge is 0.362 e. The number of para-hydroxylation sites is 1. The van der Waals surface area contributed by atoms with E-state index in [9.17, 15) is 0 Å². The topological polar surface area (TPSA) is 53.1 Å². The molecule has 0 bridgehead atoms. The summed E-state index contributed by atoms with van der Waals surface area (Å²) in [6.45, 7) is 19.4. The van der Waals surface area contributed by atoms with Gasteiger partial charge in [-0.2, -0.15) is 0 Å². The minimum Gasteiger partial charge on any atom is -0.362 e. The molecule has 2 aromatic carbocycles. The molecule has 0 spiro atoms.